The van der Waals surface area contributed by atoms with Crippen LogP contribution >= 0.6 is 11.8 Å². The van der Waals surface area contributed by atoms with Gasteiger partial charge in [-0.3, -0.25) is 9.36 Å². The highest BCUT2D eigenvalue weighted by Gasteiger charge is 2.33. The molecule has 0 radical (unpaired) electrons. The van der Waals surface area contributed by atoms with Gasteiger partial charge in [-0.25, -0.2) is 0 Å². The van der Waals surface area contributed by atoms with Crippen LogP contribution in [0, 0.1) is 0 Å². The summed E-state index contributed by atoms with van der Waals surface area (Å²) in [5, 5.41) is 25.2. The second-order valence-electron chi connectivity index (χ2n) is 10.4. The number of ether oxygens (including phenoxy) is 1. The minimum Gasteiger partial charge on any atom is -0.506 e. The Morgan fingerprint density at radius 3 is 2.56 bits per heavy atom. The zero-order valence-electron chi connectivity index (χ0n) is 22.6. The van der Waals surface area contributed by atoms with Crippen molar-refractivity contribution < 1.29 is 23.7 Å². The van der Waals surface area contributed by atoms with Crippen LogP contribution < -0.4 is 15.6 Å². The summed E-state index contributed by atoms with van der Waals surface area (Å²) in [7, 11) is 0. The van der Waals surface area contributed by atoms with Gasteiger partial charge in [-0.15, -0.1) is 11.8 Å². The van der Waals surface area contributed by atoms with Crippen molar-refractivity contribution in [3.8, 4) is 11.5 Å². The number of para-hydroxylation sites is 1. The molecule has 3 N–H and O–H groups in total. The molecule has 5 rings (SSSR count). The lowest BCUT2D eigenvalue weighted by Gasteiger charge is -2.19. The molecule has 0 saturated heterocycles. The lowest BCUT2D eigenvalue weighted by molar-refractivity contribution is -0.0468. The van der Waals surface area contributed by atoms with Gasteiger partial charge < -0.3 is 20.3 Å². The molecule has 1 saturated carbocycles. The Morgan fingerprint density at radius 1 is 1.02 bits per heavy atom. The SMILES string of the molecule is O=c1ccc2cccc(O)c2n1C(O)CNCCc1ccc(OCC(F)(F)c2cccc(SC3CCCC3)c2)cc1. The average Bonchev–Trinajstić information content (AvgIpc) is 3.48. The van der Waals surface area contributed by atoms with E-state index in [4.69, 9.17) is 4.74 Å². The van der Waals surface area contributed by atoms with Crippen LogP contribution in [0.3, 0.4) is 0 Å². The molecule has 1 aliphatic carbocycles. The number of benzene rings is 3. The zero-order chi connectivity index (χ0) is 28.8. The minimum absolute atomic E-state index is 0.0358. The maximum absolute atomic E-state index is 14.9. The second-order valence-corrected chi connectivity index (χ2v) is 11.8. The molecule has 1 aromatic heterocycles. The van der Waals surface area contributed by atoms with E-state index >= 15 is 0 Å². The number of hydrogen-bond donors (Lipinski definition) is 3. The van der Waals surface area contributed by atoms with Crippen molar-refractivity contribution in [2.45, 2.75) is 54.4 Å². The number of thioether (sulfide) groups is 1. The Kier molecular flexibility index (Phi) is 9.27. The molecule has 4 aromatic rings. The summed E-state index contributed by atoms with van der Waals surface area (Å²) in [5.74, 6) is -2.83. The number of aliphatic hydroxyl groups is 1. The predicted molar refractivity (Wildman–Crippen MR) is 158 cm³/mol. The van der Waals surface area contributed by atoms with Crippen molar-refractivity contribution in [3.63, 3.8) is 0 Å². The van der Waals surface area contributed by atoms with Crippen molar-refractivity contribution >= 4 is 22.7 Å². The van der Waals surface area contributed by atoms with Crippen molar-refractivity contribution in [1.82, 2.24) is 9.88 Å². The van der Waals surface area contributed by atoms with E-state index in [0.29, 0.717) is 29.4 Å². The number of halogens is 2. The van der Waals surface area contributed by atoms with Crippen molar-refractivity contribution in [3.05, 3.63) is 100 Å². The predicted octanol–water partition coefficient (Wildman–Crippen LogP) is 6.24. The lowest BCUT2D eigenvalue weighted by atomic mass is 10.1. The van der Waals surface area contributed by atoms with E-state index in [1.165, 1.54) is 35.6 Å². The molecule has 9 heteroatoms. The van der Waals surface area contributed by atoms with Gasteiger partial charge in [0, 0.05) is 33.7 Å². The number of alkyl halides is 2. The summed E-state index contributed by atoms with van der Waals surface area (Å²) < 4.78 is 36.5. The topological polar surface area (TPSA) is 83.7 Å². The van der Waals surface area contributed by atoms with Crippen LogP contribution in [0.2, 0.25) is 0 Å². The number of phenols is 1. The van der Waals surface area contributed by atoms with Crippen molar-refractivity contribution in [1.29, 1.82) is 0 Å². The summed E-state index contributed by atoms with van der Waals surface area (Å²) >= 11 is 1.69. The first-order valence-electron chi connectivity index (χ1n) is 13.9. The zero-order valence-corrected chi connectivity index (χ0v) is 23.5. The molecule has 1 heterocycles. The first kappa shape index (κ1) is 29.1. The Morgan fingerprint density at radius 2 is 1.78 bits per heavy atom. The molecule has 1 atom stereocenters. The Bertz CT molecular complexity index is 1520. The molecule has 6 nitrogen and oxygen atoms in total. The molecule has 1 aliphatic rings. The van der Waals surface area contributed by atoms with Gasteiger partial charge in [-0.2, -0.15) is 8.78 Å². The highest BCUT2D eigenvalue weighted by Crippen LogP contribution is 2.37. The van der Waals surface area contributed by atoms with Crippen LogP contribution in [-0.4, -0.2) is 39.7 Å². The molecule has 0 bridgehead atoms. The standard InChI is InChI=1S/C32H34F2N2O4S/c33-32(34,24-6-4-9-27(19-24)41-26-7-1-2-8-26)21-40-25-14-11-22(12-15-25)17-18-35-20-30(39)36-29(38)16-13-23-5-3-10-28(37)31(23)36/h3-6,9-16,19,26,30,35,37,39H,1-2,7-8,17-18,20-21H2. The summed E-state index contributed by atoms with van der Waals surface area (Å²) in [6.45, 7) is -0.132. The van der Waals surface area contributed by atoms with Gasteiger partial charge in [0.05, 0.1) is 5.52 Å². The van der Waals surface area contributed by atoms with Crippen LogP contribution in [0.25, 0.3) is 10.9 Å². The van der Waals surface area contributed by atoms with Gasteiger partial charge in [0.25, 0.3) is 5.56 Å². The molecule has 216 valence electrons. The maximum Gasteiger partial charge on any atom is 0.306 e. The molecular formula is C32H34F2N2O4S. The number of fused-ring (bicyclic) bond motifs is 1. The highest BCUT2D eigenvalue weighted by atomic mass is 32.2. The van der Waals surface area contributed by atoms with Crippen LogP contribution in [0.15, 0.2) is 88.6 Å². The maximum atomic E-state index is 14.9. The minimum atomic E-state index is -3.11. The monoisotopic (exact) mass is 580 g/mol. The first-order valence-corrected chi connectivity index (χ1v) is 14.8. The van der Waals surface area contributed by atoms with Gasteiger partial charge in [0.1, 0.15) is 17.7 Å². The van der Waals surface area contributed by atoms with E-state index in [-0.39, 0.29) is 23.4 Å². The van der Waals surface area contributed by atoms with Gasteiger partial charge in [-0.05, 0) is 67.8 Å². The normalized spacial score (nSPS) is 14.9. The molecule has 0 spiro atoms. The van der Waals surface area contributed by atoms with E-state index in [1.807, 2.05) is 18.2 Å². The third-order valence-electron chi connectivity index (χ3n) is 7.35. The summed E-state index contributed by atoms with van der Waals surface area (Å²) in [6, 6.07) is 21.5. The second kappa shape index (κ2) is 13.1. The number of pyridine rings is 1. The number of nitrogens with zero attached hydrogens (tertiary/aromatic N) is 1. The fourth-order valence-corrected chi connectivity index (χ4v) is 6.46. The summed E-state index contributed by atoms with van der Waals surface area (Å²) in [4.78, 5) is 13.3. The summed E-state index contributed by atoms with van der Waals surface area (Å²) in [6.07, 6.45) is 4.14. The lowest BCUT2D eigenvalue weighted by Crippen LogP contribution is -2.32. The quantitative estimate of drug-likeness (QED) is 0.172. The largest absolute Gasteiger partial charge is 0.506 e. The van der Waals surface area contributed by atoms with E-state index in [0.717, 1.165) is 23.3 Å². The van der Waals surface area contributed by atoms with Gasteiger partial charge in [-0.1, -0.05) is 49.2 Å². The first-order chi connectivity index (χ1) is 19.8. The van der Waals surface area contributed by atoms with Crippen LogP contribution in [-0.2, 0) is 12.3 Å². The molecule has 1 fully saturated rings. The average molecular weight is 581 g/mol. The van der Waals surface area contributed by atoms with E-state index in [2.05, 4.69) is 5.32 Å². The molecule has 0 aliphatic heterocycles. The molecule has 1 unspecified atom stereocenters. The highest BCUT2D eigenvalue weighted by molar-refractivity contribution is 8.00. The molecule has 3 aromatic carbocycles. The fraction of sp³-hybridized carbons (Fsp3) is 0.344. The van der Waals surface area contributed by atoms with Crippen LogP contribution in [0.4, 0.5) is 8.78 Å². The third kappa shape index (κ3) is 7.28. The molecular weight excluding hydrogens is 546 g/mol. The molecule has 0 amide bonds. The van der Waals surface area contributed by atoms with Gasteiger partial charge >= 0.3 is 5.92 Å². The van der Waals surface area contributed by atoms with E-state index in [1.54, 1.807) is 54.2 Å². The Labute approximate surface area is 242 Å². The third-order valence-corrected chi connectivity index (χ3v) is 8.68. The summed E-state index contributed by atoms with van der Waals surface area (Å²) in [5.41, 5.74) is 0.797. The van der Waals surface area contributed by atoms with Crippen molar-refractivity contribution in [2.75, 3.05) is 19.7 Å². The number of phenolic OH excluding ortho intramolecular Hbond substituents is 1. The van der Waals surface area contributed by atoms with Crippen LogP contribution in [0.1, 0.15) is 43.0 Å². The van der Waals surface area contributed by atoms with Crippen molar-refractivity contribution in [2.24, 2.45) is 0 Å². The number of aromatic nitrogens is 1. The van der Waals surface area contributed by atoms with E-state index in [9.17, 15) is 23.8 Å². The van der Waals surface area contributed by atoms with Gasteiger partial charge in [0.2, 0.25) is 0 Å². The number of aromatic hydroxyl groups is 1. The Balaban J connectivity index is 1.10. The van der Waals surface area contributed by atoms with Gasteiger partial charge in [0.15, 0.2) is 6.61 Å². The smallest absolute Gasteiger partial charge is 0.306 e. The Hall–Kier alpha value is -3.40. The van der Waals surface area contributed by atoms with E-state index < -0.39 is 24.3 Å². The number of hydrogen-bond acceptors (Lipinski definition) is 6. The molecule has 41 heavy (non-hydrogen) atoms. The fourth-order valence-electron chi connectivity index (χ4n) is 5.15. The number of rotatable bonds is 12. The van der Waals surface area contributed by atoms with Crippen LogP contribution in [0.5, 0.6) is 11.5 Å². The number of nitrogens with one attached hydrogen (secondary N) is 1. The number of aliphatic hydroxyl groups excluding tert-OH is 1.